The van der Waals surface area contributed by atoms with Crippen molar-refractivity contribution in [2.75, 3.05) is 20.5 Å². The number of rotatable bonds is 5. The molecule has 0 bridgehead atoms. The third kappa shape index (κ3) is 3.47. The van der Waals surface area contributed by atoms with E-state index in [9.17, 15) is 14.7 Å². The van der Waals surface area contributed by atoms with Gasteiger partial charge in [0, 0.05) is 11.6 Å². The molecule has 1 amide bonds. The van der Waals surface area contributed by atoms with Gasteiger partial charge in [0.2, 0.25) is 12.2 Å². The molecule has 7 heteroatoms. The van der Waals surface area contributed by atoms with Crippen LogP contribution in [0.2, 0.25) is 0 Å². The summed E-state index contributed by atoms with van der Waals surface area (Å²) in [6.45, 7) is 0. The molecule has 3 rings (SSSR count). The molecule has 1 aliphatic carbocycles. The topological polar surface area (TPSA) is 84.9 Å². The number of aromatic hydroxyl groups is 1. The lowest BCUT2D eigenvalue weighted by Crippen LogP contribution is -2.31. The van der Waals surface area contributed by atoms with Crippen molar-refractivity contribution in [3.63, 3.8) is 0 Å². The highest BCUT2D eigenvalue weighted by Gasteiger charge is 2.28. The van der Waals surface area contributed by atoms with E-state index < -0.39 is 0 Å². The predicted octanol–water partition coefficient (Wildman–Crippen LogP) is 2.37. The van der Waals surface area contributed by atoms with Gasteiger partial charge in [-0.3, -0.25) is 9.59 Å². The second kappa shape index (κ2) is 7.92. The number of fused-ring (bicyclic) bond motifs is 3. The van der Waals surface area contributed by atoms with E-state index in [-0.39, 0.29) is 23.0 Å². The number of carbonyl (C=O) groups excluding carboxylic acids is 1. The van der Waals surface area contributed by atoms with E-state index in [1.54, 1.807) is 18.2 Å². The summed E-state index contributed by atoms with van der Waals surface area (Å²) in [4.78, 5) is 24.2. The molecule has 1 atom stereocenters. The summed E-state index contributed by atoms with van der Waals surface area (Å²) in [6, 6.07) is 6.73. The Labute approximate surface area is 161 Å². The van der Waals surface area contributed by atoms with Crippen molar-refractivity contribution in [3.8, 4) is 28.4 Å². The number of phenols is 1. The van der Waals surface area contributed by atoms with Crippen LogP contribution in [-0.2, 0) is 17.6 Å². The van der Waals surface area contributed by atoms with E-state index in [0.717, 1.165) is 22.3 Å². The second-order valence-corrected chi connectivity index (χ2v) is 7.08. The average Bonchev–Trinajstić information content (AvgIpc) is 2.87. The van der Waals surface area contributed by atoms with Crippen molar-refractivity contribution in [2.24, 2.45) is 0 Å². The minimum atomic E-state index is -0.209. The highest BCUT2D eigenvalue weighted by Crippen LogP contribution is 2.48. The summed E-state index contributed by atoms with van der Waals surface area (Å²) in [5.41, 5.74) is 3.14. The van der Waals surface area contributed by atoms with Crippen LogP contribution < -0.4 is 20.2 Å². The van der Waals surface area contributed by atoms with E-state index >= 15 is 0 Å². The quantitative estimate of drug-likeness (QED) is 0.605. The molecule has 0 heterocycles. The van der Waals surface area contributed by atoms with Gasteiger partial charge in [-0.25, -0.2) is 0 Å². The van der Waals surface area contributed by atoms with Gasteiger partial charge in [0.1, 0.15) is 0 Å². The molecule has 2 aromatic rings. The van der Waals surface area contributed by atoms with Crippen molar-refractivity contribution in [3.05, 3.63) is 45.6 Å². The van der Waals surface area contributed by atoms with Crippen LogP contribution in [0.5, 0.6) is 17.2 Å². The number of phenolic OH excluding ortho intramolecular Hbond substituents is 1. The molecular formula is C20H21NO5S. The number of methoxy groups -OCH3 is 2. The van der Waals surface area contributed by atoms with Crippen molar-refractivity contribution >= 4 is 18.2 Å². The Kier molecular flexibility index (Phi) is 5.60. The number of hydrogen-bond acceptors (Lipinski definition) is 6. The summed E-state index contributed by atoms with van der Waals surface area (Å²) in [7, 11) is 2.98. The smallest absolute Gasteiger partial charge is 0.207 e. The van der Waals surface area contributed by atoms with Crippen molar-refractivity contribution in [2.45, 2.75) is 23.8 Å². The highest BCUT2D eigenvalue weighted by atomic mass is 32.2. The first-order valence-electron chi connectivity index (χ1n) is 8.42. The Morgan fingerprint density at radius 2 is 1.85 bits per heavy atom. The first-order valence-corrected chi connectivity index (χ1v) is 9.64. The first kappa shape index (κ1) is 19.1. The monoisotopic (exact) mass is 387 g/mol. The maximum atomic E-state index is 12.5. The zero-order valence-electron chi connectivity index (χ0n) is 15.4. The van der Waals surface area contributed by atoms with E-state index in [1.165, 1.54) is 26.0 Å². The van der Waals surface area contributed by atoms with E-state index in [0.29, 0.717) is 29.9 Å². The van der Waals surface area contributed by atoms with Gasteiger partial charge >= 0.3 is 0 Å². The molecule has 6 nitrogen and oxygen atoms in total. The SMILES string of the molecule is COc1c(O)cc2c(c1OC)-c1ccc(SC)c(=O)cc1CC(NC=O)C2. The Bertz CT molecular complexity index is 944. The summed E-state index contributed by atoms with van der Waals surface area (Å²) in [5.74, 6) is 0.615. The number of carbonyl (C=O) groups is 1. The number of hydrogen-bond donors (Lipinski definition) is 2. The van der Waals surface area contributed by atoms with Crippen LogP contribution in [0.4, 0.5) is 0 Å². The Morgan fingerprint density at radius 1 is 1.15 bits per heavy atom. The predicted molar refractivity (Wildman–Crippen MR) is 105 cm³/mol. The molecule has 2 N–H and O–H groups in total. The van der Waals surface area contributed by atoms with Crippen LogP contribution in [0, 0.1) is 0 Å². The molecule has 142 valence electrons. The summed E-state index contributed by atoms with van der Waals surface area (Å²) in [5, 5.41) is 13.2. The molecule has 0 aliphatic heterocycles. The Hall–Kier alpha value is -2.67. The van der Waals surface area contributed by atoms with Gasteiger partial charge in [-0.2, -0.15) is 0 Å². The fourth-order valence-electron chi connectivity index (χ4n) is 3.58. The van der Waals surface area contributed by atoms with Crippen LogP contribution in [0.25, 0.3) is 11.1 Å². The maximum absolute atomic E-state index is 12.5. The van der Waals surface area contributed by atoms with Gasteiger partial charge < -0.3 is 19.9 Å². The standard InChI is InChI=1S/C20H21NO5S/c1-25-19-16(24)9-12-7-13(21-10-22)6-11-8-15(23)17(27-3)5-4-14(11)18(12)20(19)26-2/h4-5,8-10,13,24H,6-7H2,1-3H3,(H,21,22). The van der Waals surface area contributed by atoms with E-state index in [2.05, 4.69) is 5.32 Å². The molecule has 0 saturated carbocycles. The average molecular weight is 387 g/mol. The van der Waals surface area contributed by atoms with E-state index in [4.69, 9.17) is 9.47 Å². The van der Waals surface area contributed by atoms with E-state index in [1.807, 2.05) is 12.3 Å². The molecule has 0 fully saturated rings. The Morgan fingerprint density at radius 3 is 2.48 bits per heavy atom. The molecule has 0 aromatic heterocycles. The molecule has 2 aromatic carbocycles. The number of amides is 1. The second-order valence-electron chi connectivity index (χ2n) is 6.24. The third-order valence-corrected chi connectivity index (χ3v) is 5.50. The molecule has 0 saturated heterocycles. The first-order chi connectivity index (χ1) is 13.0. The summed E-state index contributed by atoms with van der Waals surface area (Å²) < 4.78 is 10.9. The van der Waals surface area contributed by atoms with Crippen molar-refractivity contribution < 1.29 is 19.4 Å². The highest BCUT2D eigenvalue weighted by molar-refractivity contribution is 7.98. The van der Waals surface area contributed by atoms with Crippen LogP contribution >= 0.6 is 11.8 Å². The van der Waals surface area contributed by atoms with Crippen LogP contribution in [0.3, 0.4) is 0 Å². The minimum Gasteiger partial charge on any atom is -0.504 e. The zero-order valence-corrected chi connectivity index (χ0v) is 16.2. The fourth-order valence-corrected chi connectivity index (χ4v) is 4.04. The van der Waals surface area contributed by atoms with Gasteiger partial charge in [-0.15, -0.1) is 11.8 Å². The molecule has 1 unspecified atom stereocenters. The van der Waals surface area contributed by atoms with Crippen LogP contribution in [0.1, 0.15) is 11.1 Å². The lowest BCUT2D eigenvalue weighted by Gasteiger charge is -2.18. The molecule has 0 spiro atoms. The number of thioether (sulfide) groups is 1. The molecule has 0 radical (unpaired) electrons. The lowest BCUT2D eigenvalue weighted by atomic mass is 9.96. The largest absolute Gasteiger partial charge is 0.504 e. The zero-order chi connectivity index (χ0) is 19.6. The Balaban J connectivity index is 2.40. The minimum absolute atomic E-state index is 0.0315. The number of nitrogens with one attached hydrogen (secondary N) is 1. The van der Waals surface area contributed by atoms with Gasteiger partial charge in [-0.1, -0.05) is 6.07 Å². The number of benzene rings is 1. The number of ether oxygens (including phenoxy) is 2. The van der Waals surface area contributed by atoms with Gasteiger partial charge in [0.15, 0.2) is 16.9 Å². The normalized spacial score (nSPS) is 15.1. The lowest BCUT2D eigenvalue weighted by molar-refractivity contribution is -0.110. The maximum Gasteiger partial charge on any atom is 0.207 e. The fraction of sp³-hybridized carbons (Fsp3) is 0.300. The molecular weight excluding hydrogens is 366 g/mol. The summed E-state index contributed by atoms with van der Waals surface area (Å²) >= 11 is 1.38. The van der Waals surface area contributed by atoms with Crippen LogP contribution in [-0.4, -0.2) is 38.0 Å². The molecule has 27 heavy (non-hydrogen) atoms. The van der Waals surface area contributed by atoms with Crippen molar-refractivity contribution in [1.29, 1.82) is 0 Å². The van der Waals surface area contributed by atoms with Gasteiger partial charge in [0.05, 0.1) is 19.1 Å². The van der Waals surface area contributed by atoms with Gasteiger partial charge in [-0.05, 0) is 54.0 Å². The summed E-state index contributed by atoms with van der Waals surface area (Å²) in [6.07, 6.45) is 3.50. The third-order valence-electron chi connectivity index (χ3n) is 4.73. The van der Waals surface area contributed by atoms with Crippen LogP contribution in [0.15, 0.2) is 34.0 Å². The van der Waals surface area contributed by atoms with Crippen molar-refractivity contribution in [1.82, 2.24) is 5.32 Å². The molecule has 1 aliphatic rings. The van der Waals surface area contributed by atoms with Gasteiger partial charge in [0.25, 0.3) is 0 Å².